The molecule has 0 bridgehead atoms. The van der Waals surface area contributed by atoms with E-state index in [2.05, 4.69) is 28.6 Å². The minimum Gasteiger partial charge on any atom is -0.304 e. The largest absolute Gasteiger partial charge is 0.304 e. The van der Waals surface area contributed by atoms with E-state index in [4.69, 9.17) is 12.2 Å². The fraction of sp³-hybridized carbons (Fsp3) is 0.800. The second kappa shape index (κ2) is 3.50. The van der Waals surface area contributed by atoms with Gasteiger partial charge in [-0.1, -0.05) is 20.3 Å². The lowest BCUT2D eigenvalue weighted by Crippen LogP contribution is -2.31. The number of aromatic amines is 1. The highest BCUT2D eigenvalue weighted by molar-refractivity contribution is 7.71. The lowest BCUT2D eigenvalue weighted by molar-refractivity contribution is 0.130. The highest BCUT2D eigenvalue weighted by atomic mass is 32.1. The first-order chi connectivity index (χ1) is 6.64. The van der Waals surface area contributed by atoms with Gasteiger partial charge in [-0.25, -0.2) is 0 Å². The van der Waals surface area contributed by atoms with Gasteiger partial charge in [0.25, 0.3) is 0 Å². The number of aryl methyl sites for hydroxylation is 1. The van der Waals surface area contributed by atoms with Crippen molar-refractivity contribution in [1.82, 2.24) is 14.8 Å². The van der Waals surface area contributed by atoms with Crippen LogP contribution < -0.4 is 0 Å². The molecule has 78 valence electrons. The average molecular weight is 211 g/mol. The summed E-state index contributed by atoms with van der Waals surface area (Å²) < 4.78 is 2.93. The summed E-state index contributed by atoms with van der Waals surface area (Å²) in [6.07, 6.45) is 4.96. The van der Waals surface area contributed by atoms with E-state index in [0.29, 0.717) is 5.41 Å². The van der Waals surface area contributed by atoms with Crippen molar-refractivity contribution >= 4 is 12.2 Å². The molecule has 3 nitrogen and oxygen atoms in total. The van der Waals surface area contributed by atoms with Gasteiger partial charge in [-0.3, -0.25) is 5.10 Å². The Balaban J connectivity index is 2.22. The maximum Gasteiger partial charge on any atom is 0.195 e. The van der Waals surface area contributed by atoms with Gasteiger partial charge in [0.2, 0.25) is 0 Å². The molecule has 1 aliphatic rings. The number of H-pyrrole nitrogens is 1. The summed E-state index contributed by atoms with van der Waals surface area (Å²) in [6.45, 7) is 5.49. The third-order valence-corrected chi connectivity index (χ3v) is 3.57. The minimum atomic E-state index is 0.464. The zero-order chi connectivity index (χ0) is 10.2. The number of hydrogen-bond acceptors (Lipinski definition) is 2. The van der Waals surface area contributed by atoms with E-state index in [-0.39, 0.29) is 0 Å². The molecule has 0 aromatic carbocycles. The molecular formula is C10H17N3S. The molecule has 0 spiro atoms. The molecule has 1 aliphatic carbocycles. The van der Waals surface area contributed by atoms with Crippen LogP contribution in [-0.4, -0.2) is 14.8 Å². The van der Waals surface area contributed by atoms with Crippen molar-refractivity contribution < 1.29 is 0 Å². The monoisotopic (exact) mass is 211 g/mol. The van der Waals surface area contributed by atoms with Crippen LogP contribution in [0, 0.1) is 10.2 Å². The van der Waals surface area contributed by atoms with Gasteiger partial charge in [-0.05, 0) is 30.5 Å². The second-order valence-electron chi connectivity index (χ2n) is 4.55. The van der Waals surface area contributed by atoms with Crippen molar-refractivity contribution in [3.8, 4) is 0 Å². The summed E-state index contributed by atoms with van der Waals surface area (Å²) in [5, 5.41) is 7.10. The molecule has 1 fully saturated rings. The topological polar surface area (TPSA) is 33.6 Å². The molecule has 1 N–H and O–H groups in total. The van der Waals surface area contributed by atoms with Crippen molar-refractivity contribution in [3.05, 3.63) is 10.6 Å². The smallest absolute Gasteiger partial charge is 0.195 e. The number of aromatic nitrogens is 3. The van der Waals surface area contributed by atoms with E-state index >= 15 is 0 Å². The van der Waals surface area contributed by atoms with Gasteiger partial charge in [-0.15, -0.1) is 0 Å². The van der Waals surface area contributed by atoms with Crippen molar-refractivity contribution in [2.24, 2.45) is 5.41 Å². The van der Waals surface area contributed by atoms with Crippen LogP contribution >= 0.6 is 12.2 Å². The summed E-state index contributed by atoms with van der Waals surface area (Å²) in [5.41, 5.74) is 0.464. The molecule has 0 unspecified atom stereocenters. The van der Waals surface area contributed by atoms with E-state index in [1.54, 1.807) is 0 Å². The van der Waals surface area contributed by atoms with Crippen molar-refractivity contribution in [2.75, 3.05) is 0 Å². The molecule has 1 saturated carbocycles. The van der Waals surface area contributed by atoms with Crippen LogP contribution in [0.15, 0.2) is 0 Å². The molecule has 4 heteroatoms. The van der Waals surface area contributed by atoms with E-state index in [0.717, 1.165) is 23.6 Å². The molecule has 0 amide bonds. The minimum absolute atomic E-state index is 0.464. The van der Waals surface area contributed by atoms with E-state index in [9.17, 15) is 0 Å². The summed E-state index contributed by atoms with van der Waals surface area (Å²) >= 11 is 5.22. The van der Waals surface area contributed by atoms with E-state index in [1.165, 1.54) is 19.3 Å². The predicted molar refractivity (Wildman–Crippen MR) is 58.7 cm³/mol. The van der Waals surface area contributed by atoms with Crippen molar-refractivity contribution in [1.29, 1.82) is 0 Å². The molecule has 1 heterocycles. The maximum absolute atomic E-state index is 5.22. The number of nitrogens with zero attached hydrogens (tertiary/aromatic N) is 2. The Bertz CT molecular complexity index is 373. The lowest BCUT2D eigenvalue weighted by Gasteiger charge is -2.38. The molecule has 0 atom stereocenters. The van der Waals surface area contributed by atoms with Crippen molar-refractivity contribution in [3.63, 3.8) is 0 Å². The Labute approximate surface area is 89.5 Å². The van der Waals surface area contributed by atoms with Gasteiger partial charge < -0.3 is 4.57 Å². The normalized spacial score (nSPS) is 19.3. The third-order valence-electron chi connectivity index (χ3n) is 3.25. The molecule has 14 heavy (non-hydrogen) atoms. The van der Waals surface area contributed by atoms with Gasteiger partial charge in [0.1, 0.15) is 5.82 Å². The van der Waals surface area contributed by atoms with Crippen LogP contribution in [0.5, 0.6) is 0 Å². The fourth-order valence-corrected chi connectivity index (χ4v) is 2.32. The van der Waals surface area contributed by atoms with Crippen LogP contribution in [-0.2, 0) is 13.0 Å². The van der Waals surface area contributed by atoms with Crippen LogP contribution in [0.1, 0.15) is 38.9 Å². The van der Waals surface area contributed by atoms with Crippen LogP contribution in [0.3, 0.4) is 0 Å². The quantitative estimate of drug-likeness (QED) is 0.780. The third kappa shape index (κ3) is 1.63. The van der Waals surface area contributed by atoms with Gasteiger partial charge >= 0.3 is 0 Å². The Kier molecular flexibility index (Phi) is 2.47. The number of hydrogen-bond donors (Lipinski definition) is 1. The fourth-order valence-electron chi connectivity index (χ4n) is 2.10. The average Bonchev–Trinajstić information content (AvgIpc) is 2.45. The van der Waals surface area contributed by atoms with Gasteiger partial charge in [-0.2, -0.15) is 5.10 Å². The number of rotatable bonds is 3. The van der Waals surface area contributed by atoms with Gasteiger partial charge in [0.05, 0.1) is 0 Å². The first-order valence-corrected chi connectivity index (χ1v) is 5.69. The SMILES string of the molecule is CCc1n[nH]c(=S)n1CC1(C)CCC1. The van der Waals surface area contributed by atoms with Crippen LogP contribution in [0.4, 0.5) is 0 Å². The summed E-state index contributed by atoms with van der Waals surface area (Å²) in [5.74, 6) is 1.09. The summed E-state index contributed by atoms with van der Waals surface area (Å²) in [6, 6.07) is 0. The van der Waals surface area contributed by atoms with Crippen molar-refractivity contribution in [2.45, 2.75) is 46.1 Å². The van der Waals surface area contributed by atoms with Crippen LogP contribution in [0.25, 0.3) is 0 Å². The van der Waals surface area contributed by atoms with Gasteiger partial charge in [0, 0.05) is 13.0 Å². The highest BCUT2D eigenvalue weighted by Crippen LogP contribution is 2.41. The number of nitrogens with one attached hydrogen (secondary N) is 1. The van der Waals surface area contributed by atoms with E-state index < -0.39 is 0 Å². The zero-order valence-electron chi connectivity index (χ0n) is 8.84. The molecule has 0 aliphatic heterocycles. The molecule has 1 aromatic rings. The highest BCUT2D eigenvalue weighted by Gasteiger charge is 2.32. The molecule has 2 rings (SSSR count). The zero-order valence-corrected chi connectivity index (χ0v) is 9.65. The molecule has 1 aromatic heterocycles. The Morgan fingerprint density at radius 3 is 2.79 bits per heavy atom. The Morgan fingerprint density at radius 1 is 1.57 bits per heavy atom. The Morgan fingerprint density at radius 2 is 2.29 bits per heavy atom. The van der Waals surface area contributed by atoms with E-state index in [1.807, 2.05) is 0 Å². The first-order valence-electron chi connectivity index (χ1n) is 5.29. The lowest BCUT2D eigenvalue weighted by atomic mass is 9.70. The maximum atomic E-state index is 5.22. The molecule has 0 radical (unpaired) electrons. The molecule has 0 saturated heterocycles. The first kappa shape index (κ1) is 9.90. The van der Waals surface area contributed by atoms with Crippen LogP contribution in [0.2, 0.25) is 0 Å². The predicted octanol–water partition coefficient (Wildman–Crippen LogP) is 2.69. The summed E-state index contributed by atoms with van der Waals surface area (Å²) in [4.78, 5) is 0. The van der Waals surface area contributed by atoms with Gasteiger partial charge in [0.15, 0.2) is 4.77 Å². The molecular weight excluding hydrogens is 194 g/mol. The standard InChI is InChI=1S/C10H17N3S/c1-3-8-11-12-9(14)13(8)7-10(2)5-4-6-10/h3-7H2,1-2H3,(H,12,14). The summed E-state index contributed by atoms with van der Waals surface area (Å²) in [7, 11) is 0. The second-order valence-corrected chi connectivity index (χ2v) is 4.94. The Hall–Kier alpha value is -0.640.